The minimum Gasteiger partial charge on any atom is -0.493 e. The molecule has 21 heavy (non-hydrogen) atoms. The SMILES string of the molecule is CCC1CN(C(=O)c2cccc(OC)c2OC)CCC1N. The summed E-state index contributed by atoms with van der Waals surface area (Å²) in [5.74, 6) is 1.41. The molecule has 5 nitrogen and oxygen atoms in total. The second-order valence-corrected chi connectivity index (χ2v) is 5.41. The summed E-state index contributed by atoms with van der Waals surface area (Å²) in [6.07, 6.45) is 1.83. The number of nitrogens with two attached hydrogens (primary N) is 1. The van der Waals surface area contributed by atoms with Crippen LogP contribution in [0.5, 0.6) is 11.5 Å². The molecule has 0 spiro atoms. The van der Waals surface area contributed by atoms with Crippen LogP contribution in [0.4, 0.5) is 0 Å². The Bertz CT molecular complexity index is 504. The van der Waals surface area contributed by atoms with Gasteiger partial charge in [0.2, 0.25) is 0 Å². The number of ether oxygens (including phenoxy) is 2. The summed E-state index contributed by atoms with van der Waals surface area (Å²) in [4.78, 5) is 14.6. The van der Waals surface area contributed by atoms with E-state index < -0.39 is 0 Å². The van der Waals surface area contributed by atoms with E-state index in [9.17, 15) is 4.79 Å². The maximum absolute atomic E-state index is 12.8. The van der Waals surface area contributed by atoms with E-state index in [2.05, 4.69) is 6.92 Å². The second-order valence-electron chi connectivity index (χ2n) is 5.41. The normalized spacial score (nSPS) is 22.0. The van der Waals surface area contributed by atoms with Gasteiger partial charge in [0.15, 0.2) is 11.5 Å². The molecule has 0 aromatic heterocycles. The quantitative estimate of drug-likeness (QED) is 0.920. The molecule has 2 atom stereocenters. The first-order valence-electron chi connectivity index (χ1n) is 7.38. The summed E-state index contributed by atoms with van der Waals surface area (Å²) in [7, 11) is 3.12. The van der Waals surface area contributed by atoms with Crippen molar-refractivity contribution in [3.63, 3.8) is 0 Å². The number of carbonyl (C=O) groups is 1. The van der Waals surface area contributed by atoms with E-state index in [0.717, 1.165) is 12.8 Å². The van der Waals surface area contributed by atoms with Crippen molar-refractivity contribution in [1.29, 1.82) is 0 Å². The van der Waals surface area contributed by atoms with Crippen LogP contribution in [0.25, 0.3) is 0 Å². The fourth-order valence-electron chi connectivity index (χ4n) is 2.89. The molecule has 1 aliphatic heterocycles. The average Bonchev–Trinajstić information content (AvgIpc) is 2.53. The lowest BCUT2D eigenvalue weighted by Gasteiger charge is -2.36. The molecule has 0 aliphatic carbocycles. The van der Waals surface area contributed by atoms with Crippen molar-refractivity contribution >= 4 is 5.91 Å². The molecule has 2 rings (SSSR count). The molecule has 0 radical (unpaired) electrons. The number of carbonyl (C=O) groups excluding carboxylic acids is 1. The molecular formula is C16H24N2O3. The number of likely N-dealkylation sites (tertiary alicyclic amines) is 1. The number of hydrogen-bond acceptors (Lipinski definition) is 4. The van der Waals surface area contributed by atoms with Crippen LogP contribution >= 0.6 is 0 Å². The van der Waals surface area contributed by atoms with Crippen molar-refractivity contribution in [2.45, 2.75) is 25.8 Å². The molecule has 1 fully saturated rings. The number of para-hydroxylation sites is 1. The van der Waals surface area contributed by atoms with E-state index in [0.29, 0.717) is 36.1 Å². The number of piperidine rings is 1. The van der Waals surface area contributed by atoms with E-state index in [1.165, 1.54) is 0 Å². The first kappa shape index (κ1) is 15.6. The van der Waals surface area contributed by atoms with E-state index in [1.807, 2.05) is 11.0 Å². The van der Waals surface area contributed by atoms with Crippen LogP contribution in [-0.4, -0.2) is 44.2 Å². The third-order valence-electron chi connectivity index (χ3n) is 4.24. The van der Waals surface area contributed by atoms with E-state index in [4.69, 9.17) is 15.2 Å². The highest BCUT2D eigenvalue weighted by atomic mass is 16.5. The molecule has 5 heteroatoms. The monoisotopic (exact) mass is 292 g/mol. The Labute approximate surface area is 126 Å². The van der Waals surface area contributed by atoms with Gasteiger partial charge in [-0.3, -0.25) is 4.79 Å². The fourth-order valence-corrected chi connectivity index (χ4v) is 2.89. The molecule has 1 heterocycles. The topological polar surface area (TPSA) is 64.8 Å². The third kappa shape index (κ3) is 3.13. The highest BCUT2D eigenvalue weighted by Crippen LogP contribution is 2.32. The summed E-state index contributed by atoms with van der Waals surface area (Å²) in [6, 6.07) is 5.56. The lowest BCUT2D eigenvalue weighted by atomic mass is 9.90. The maximum Gasteiger partial charge on any atom is 0.257 e. The highest BCUT2D eigenvalue weighted by molar-refractivity contribution is 5.97. The molecular weight excluding hydrogens is 268 g/mol. The van der Waals surface area contributed by atoms with Crippen molar-refractivity contribution in [3.8, 4) is 11.5 Å². The Morgan fingerprint density at radius 2 is 2.14 bits per heavy atom. The predicted molar refractivity (Wildman–Crippen MR) is 81.8 cm³/mol. The fraction of sp³-hybridized carbons (Fsp3) is 0.562. The number of rotatable bonds is 4. The zero-order chi connectivity index (χ0) is 15.4. The smallest absolute Gasteiger partial charge is 0.257 e. The zero-order valence-corrected chi connectivity index (χ0v) is 13.0. The van der Waals surface area contributed by atoms with Crippen LogP contribution in [-0.2, 0) is 0 Å². The Hall–Kier alpha value is -1.75. The number of methoxy groups -OCH3 is 2. The molecule has 1 amide bonds. The highest BCUT2D eigenvalue weighted by Gasteiger charge is 2.30. The van der Waals surface area contributed by atoms with Gasteiger partial charge in [-0.1, -0.05) is 19.4 Å². The summed E-state index contributed by atoms with van der Waals surface area (Å²) < 4.78 is 10.6. The molecule has 1 aromatic carbocycles. The first-order valence-corrected chi connectivity index (χ1v) is 7.38. The van der Waals surface area contributed by atoms with Crippen LogP contribution in [0, 0.1) is 5.92 Å². The molecule has 2 N–H and O–H groups in total. The van der Waals surface area contributed by atoms with Crippen molar-refractivity contribution < 1.29 is 14.3 Å². The summed E-state index contributed by atoms with van der Waals surface area (Å²) in [5.41, 5.74) is 6.65. The van der Waals surface area contributed by atoms with Gasteiger partial charge in [0.1, 0.15) is 0 Å². The van der Waals surface area contributed by atoms with Gasteiger partial charge in [0.05, 0.1) is 19.8 Å². The van der Waals surface area contributed by atoms with E-state index >= 15 is 0 Å². The predicted octanol–water partition coefficient (Wildman–Crippen LogP) is 1.90. The molecule has 1 aliphatic rings. The number of benzene rings is 1. The Morgan fingerprint density at radius 3 is 2.76 bits per heavy atom. The molecule has 1 saturated heterocycles. The number of hydrogen-bond donors (Lipinski definition) is 1. The van der Waals surface area contributed by atoms with Gasteiger partial charge < -0.3 is 20.1 Å². The van der Waals surface area contributed by atoms with Crippen LogP contribution in [0.15, 0.2) is 18.2 Å². The van der Waals surface area contributed by atoms with Gasteiger partial charge in [0, 0.05) is 19.1 Å². The van der Waals surface area contributed by atoms with Crippen molar-refractivity contribution in [2.24, 2.45) is 11.7 Å². The van der Waals surface area contributed by atoms with Crippen molar-refractivity contribution in [3.05, 3.63) is 23.8 Å². The lowest BCUT2D eigenvalue weighted by molar-refractivity contribution is 0.0645. The maximum atomic E-state index is 12.8. The Kier molecular flexibility index (Phi) is 5.07. The van der Waals surface area contributed by atoms with Gasteiger partial charge in [-0.2, -0.15) is 0 Å². The second kappa shape index (κ2) is 6.80. The standard InChI is InChI=1S/C16H24N2O3/c1-4-11-10-18(9-8-13(11)17)16(19)12-6-5-7-14(20-2)15(12)21-3/h5-7,11,13H,4,8-10,17H2,1-3H3. The molecule has 116 valence electrons. The lowest BCUT2D eigenvalue weighted by Crippen LogP contribution is -2.49. The Morgan fingerprint density at radius 1 is 1.38 bits per heavy atom. The number of nitrogens with zero attached hydrogens (tertiary/aromatic N) is 1. The van der Waals surface area contributed by atoms with Crippen molar-refractivity contribution in [1.82, 2.24) is 4.90 Å². The van der Waals surface area contributed by atoms with Crippen LogP contribution in [0.3, 0.4) is 0 Å². The van der Waals surface area contributed by atoms with Crippen LogP contribution in [0.1, 0.15) is 30.1 Å². The van der Waals surface area contributed by atoms with Gasteiger partial charge >= 0.3 is 0 Å². The Balaban J connectivity index is 2.24. The minimum atomic E-state index is -0.0175. The third-order valence-corrected chi connectivity index (χ3v) is 4.24. The van der Waals surface area contributed by atoms with E-state index in [1.54, 1.807) is 26.4 Å². The zero-order valence-electron chi connectivity index (χ0n) is 13.0. The van der Waals surface area contributed by atoms with E-state index in [-0.39, 0.29) is 11.9 Å². The molecule has 0 saturated carbocycles. The molecule has 0 bridgehead atoms. The average molecular weight is 292 g/mol. The van der Waals surface area contributed by atoms with Crippen molar-refractivity contribution in [2.75, 3.05) is 27.3 Å². The van der Waals surface area contributed by atoms with Crippen LogP contribution < -0.4 is 15.2 Å². The van der Waals surface area contributed by atoms with Gasteiger partial charge in [-0.25, -0.2) is 0 Å². The summed E-state index contributed by atoms with van der Waals surface area (Å²) in [5, 5.41) is 0. The van der Waals surface area contributed by atoms with Gasteiger partial charge in [0.25, 0.3) is 5.91 Å². The van der Waals surface area contributed by atoms with Crippen LogP contribution in [0.2, 0.25) is 0 Å². The summed E-state index contributed by atoms with van der Waals surface area (Å²) in [6.45, 7) is 3.51. The largest absolute Gasteiger partial charge is 0.493 e. The minimum absolute atomic E-state index is 0.0175. The number of amides is 1. The van der Waals surface area contributed by atoms with Gasteiger partial charge in [-0.15, -0.1) is 0 Å². The summed E-state index contributed by atoms with van der Waals surface area (Å²) >= 11 is 0. The first-order chi connectivity index (χ1) is 10.1. The van der Waals surface area contributed by atoms with Gasteiger partial charge in [-0.05, 0) is 24.5 Å². The molecule has 2 unspecified atom stereocenters. The molecule has 1 aromatic rings.